The molecule has 2 aliphatic heterocycles. The van der Waals surface area contributed by atoms with E-state index in [0.29, 0.717) is 0 Å². The molecular formula is C80H51NO2. The standard InChI is InChI=1S/C80H51NO2/c1-2-16-52(17-3-1)53-30-32-54(33-31-53)55-34-42-60(43-35-55)81(61-44-36-56(37-45-61)58-40-48-65-63-18-4-6-20-67(63)79(73(65)50-58)69-22-8-12-26-75(69)82-76-27-13-9-23-70(76)79)62-46-38-57(39-47-62)59-41-49-66-64-19-5-7-21-68(64)80(74(66)51-59)71-24-10-14-28-77(71)83-78-29-15-11-25-72(78)80/h1-51H. The molecule has 13 aromatic rings. The SMILES string of the molecule is c1ccc(-c2ccc(-c3ccc(N(c4ccc(-c5ccc6c(c5)C5(c7ccccc7Oc7ccccc75)c5ccccc5-6)cc4)c4ccc(-c5ccc6c(c5)C5(c7ccccc7Oc7ccccc75)c5ccccc5-6)cc4)cc3)cc2)cc1. The molecular weight excluding hydrogens is 1010 g/mol. The van der Waals surface area contributed by atoms with Crippen LogP contribution in [0.5, 0.6) is 23.0 Å². The fourth-order valence-electron chi connectivity index (χ4n) is 14.4. The first-order valence-electron chi connectivity index (χ1n) is 28.6. The summed E-state index contributed by atoms with van der Waals surface area (Å²) in [6.45, 7) is 0. The minimum atomic E-state index is -0.541. The highest BCUT2D eigenvalue weighted by Crippen LogP contribution is 2.64. The summed E-state index contributed by atoms with van der Waals surface area (Å²) in [6.07, 6.45) is 0. The third-order valence-electron chi connectivity index (χ3n) is 18.1. The first-order valence-corrected chi connectivity index (χ1v) is 28.6. The molecule has 17 rings (SSSR count). The van der Waals surface area contributed by atoms with Gasteiger partial charge in [-0.2, -0.15) is 0 Å². The first-order chi connectivity index (χ1) is 41.1. The number of benzene rings is 13. The Hall–Kier alpha value is -10.7. The second-order valence-corrected chi connectivity index (χ2v) is 22.2. The van der Waals surface area contributed by atoms with Crippen LogP contribution in [0.1, 0.15) is 44.5 Å². The summed E-state index contributed by atoms with van der Waals surface area (Å²) in [5.74, 6) is 3.57. The Labute approximate surface area is 483 Å². The average molecular weight is 1060 g/mol. The predicted octanol–water partition coefficient (Wildman–Crippen LogP) is 20.8. The lowest BCUT2D eigenvalue weighted by atomic mass is 9.66. The summed E-state index contributed by atoms with van der Waals surface area (Å²) >= 11 is 0. The van der Waals surface area contributed by atoms with E-state index in [1.54, 1.807) is 0 Å². The van der Waals surface area contributed by atoms with Crippen LogP contribution >= 0.6 is 0 Å². The van der Waals surface area contributed by atoms with Crippen LogP contribution in [0.25, 0.3) is 66.8 Å². The largest absolute Gasteiger partial charge is 0.457 e. The molecule has 0 bridgehead atoms. The van der Waals surface area contributed by atoms with Crippen LogP contribution in [-0.2, 0) is 10.8 Å². The summed E-state index contributed by atoms with van der Waals surface area (Å²) in [5, 5.41) is 0. The van der Waals surface area contributed by atoms with Crippen molar-refractivity contribution in [1.29, 1.82) is 0 Å². The van der Waals surface area contributed by atoms with E-state index in [2.05, 4.69) is 314 Å². The zero-order chi connectivity index (χ0) is 54.6. The van der Waals surface area contributed by atoms with E-state index >= 15 is 0 Å². The van der Waals surface area contributed by atoms with Gasteiger partial charge in [-0.05, 0) is 162 Å². The van der Waals surface area contributed by atoms with Gasteiger partial charge in [-0.3, -0.25) is 0 Å². The monoisotopic (exact) mass is 1060 g/mol. The summed E-state index contributed by atoms with van der Waals surface area (Å²) in [4.78, 5) is 2.38. The fraction of sp³-hybridized carbons (Fsp3) is 0.0250. The van der Waals surface area contributed by atoms with Crippen molar-refractivity contribution < 1.29 is 9.47 Å². The summed E-state index contributed by atoms with van der Waals surface area (Å²) in [5.41, 5.74) is 26.3. The molecule has 0 saturated heterocycles. The minimum absolute atomic E-state index is 0.541. The van der Waals surface area contributed by atoms with Gasteiger partial charge in [-0.15, -0.1) is 0 Å². The number of anilines is 3. The van der Waals surface area contributed by atoms with Crippen molar-refractivity contribution in [2.45, 2.75) is 10.8 Å². The van der Waals surface area contributed by atoms with Gasteiger partial charge in [0, 0.05) is 39.3 Å². The van der Waals surface area contributed by atoms with E-state index < -0.39 is 10.8 Å². The Bertz CT molecular complexity index is 4380. The number of ether oxygens (including phenoxy) is 2. The third-order valence-corrected chi connectivity index (χ3v) is 18.1. The van der Waals surface area contributed by atoms with Crippen LogP contribution in [0.15, 0.2) is 309 Å². The molecule has 3 nitrogen and oxygen atoms in total. The number of rotatable bonds is 7. The number of para-hydroxylation sites is 4. The number of hydrogen-bond acceptors (Lipinski definition) is 3. The average Bonchev–Trinajstić information content (AvgIpc) is 1.73. The topological polar surface area (TPSA) is 21.7 Å². The molecule has 4 aliphatic rings. The molecule has 2 aliphatic carbocycles. The maximum Gasteiger partial charge on any atom is 0.132 e. The van der Waals surface area contributed by atoms with Gasteiger partial charge in [-0.1, -0.05) is 237 Å². The molecule has 0 amide bonds. The summed E-state index contributed by atoms with van der Waals surface area (Å²) in [6, 6.07) is 113. The van der Waals surface area contributed by atoms with Crippen LogP contribution in [0, 0.1) is 0 Å². The Morgan fingerprint density at radius 2 is 0.446 bits per heavy atom. The molecule has 3 heteroatoms. The molecule has 0 atom stereocenters. The Morgan fingerprint density at radius 1 is 0.193 bits per heavy atom. The van der Waals surface area contributed by atoms with E-state index in [9.17, 15) is 0 Å². The Kier molecular flexibility index (Phi) is 10.4. The molecule has 2 heterocycles. The zero-order valence-corrected chi connectivity index (χ0v) is 45.2. The van der Waals surface area contributed by atoms with Crippen LogP contribution in [0.2, 0.25) is 0 Å². The van der Waals surface area contributed by atoms with Gasteiger partial charge < -0.3 is 14.4 Å². The van der Waals surface area contributed by atoms with E-state index in [4.69, 9.17) is 9.47 Å². The van der Waals surface area contributed by atoms with Gasteiger partial charge in [0.25, 0.3) is 0 Å². The highest BCUT2D eigenvalue weighted by Gasteiger charge is 2.52. The minimum Gasteiger partial charge on any atom is -0.457 e. The van der Waals surface area contributed by atoms with Crippen LogP contribution in [0.3, 0.4) is 0 Å². The van der Waals surface area contributed by atoms with Crippen molar-refractivity contribution in [3.05, 3.63) is 354 Å². The van der Waals surface area contributed by atoms with Crippen molar-refractivity contribution in [3.63, 3.8) is 0 Å². The molecule has 388 valence electrons. The maximum atomic E-state index is 6.66. The lowest BCUT2D eigenvalue weighted by Gasteiger charge is -2.39. The molecule has 0 radical (unpaired) electrons. The zero-order valence-electron chi connectivity index (χ0n) is 45.2. The molecule has 13 aromatic carbocycles. The van der Waals surface area contributed by atoms with Gasteiger partial charge in [0.15, 0.2) is 0 Å². The molecule has 83 heavy (non-hydrogen) atoms. The van der Waals surface area contributed by atoms with E-state index in [0.717, 1.165) is 90.1 Å². The maximum absolute atomic E-state index is 6.66. The Balaban J connectivity index is 0.764. The smallest absolute Gasteiger partial charge is 0.132 e. The number of nitrogens with zero attached hydrogens (tertiary/aromatic N) is 1. The lowest BCUT2D eigenvalue weighted by Crippen LogP contribution is -2.32. The Morgan fingerprint density at radius 3 is 0.807 bits per heavy atom. The normalized spacial score (nSPS) is 13.7. The van der Waals surface area contributed by atoms with E-state index in [-0.39, 0.29) is 0 Å². The molecule has 0 unspecified atom stereocenters. The second-order valence-electron chi connectivity index (χ2n) is 22.2. The van der Waals surface area contributed by atoms with Crippen LogP contribution < -0.4 is 14.4 Å². The van der Waals surface area contributed by atoms with Crippen molar-refractivity contribution in [2.24, 2.45) is 0 Å². The molecule has 0 aromatic heterocycles. The van der Waals surface area contributed by atoms with Gasteiger partial charge >= 0.3 is 0 Å². The highest BCUT2D eigenvalue weighted by molar-refractivity contribution is 5.93. The molecule has 0 saturated carbocycles. The van der Waals surface area contributed by atoms with E-state index in [1.807, 2.05) is 0 Å². The van der Waals surface area contributed by atoms with Crippen molar-refractivity contribution in [2.75, 3.05) is 4.90 Å². The highest BCUT2D eigenvalue weighted by atomic mass is 16.5. The molecule has 0 fully saturated rings. The van der Waals surface area contributed by atoms with Crippen LogP contribution in [-0.4, -0.2) is 0 Å². The number of fused-ring (bicyclic) bond motifs is 18. The molecule has 0 N–H and O–H groups in total. The third kappa shape index (κ3) is 6.98. The van der Waals surface area contributed by atoms with Crippen molar-refractivity contribution in [3.8, 4) is 89.8 Å². The first kappa shape index (κ1) is 47.1. The fourth-order valence-corrected chi connectivity index (χ4v) is 14.4. The molecule has 2 spiro atoms. The quantitative estimate of drug-likeness (QED) is 0.159. The van der Waals surface area contributed by atoms with Gasteiger partial charge in [0.05, 0.1) is 10.8 Å². The van der Waals surface area contributed by atoms with Gasteiger partial charge in [-0.25, -0.2) is 0 Å². The predicted molar refractivity (Wildman–Crippen MR) is 338 cm³/mol. The van der Waals surface area contributed by atoms with Crippen LogP contribution in [0.4, 0.5) is 17.1 Å². The summed E-state index contributed by atoms with van der Waals surface area (Å²) in [7, 11) is 0. The van der Waals surface area contributed by atoms with Gasteiger partial charge in [0.1, 0.15) is 23.0 Å². The summed E-state index contributed by atoms with van der Waals surface area (Å²) < 4.78 is 13.3. The number of hydrogen-bond donors (Lipinski definition) is 0. The van der Waals surface area contributed by atoms with E-state index in [1.165, 1.54) is 61.2 Å². The lowest BCUT2D eigenvalue weighted by molar-refractivity contribution is 0.436. The van der Waals surface area contributed by atoms with Crippen molar-refractivity contribution >= 4 is 17.1 Å². The van der Waals surface area contributed by atoms with Crippen molar-refractivity contribution in [1.82, 2.24) is 0 Å². The van der Waals surface area contributed by atoms with Gasteiger partial charge in [0.2, 0.25) is 0 Å². The second kappa shape index (κ2) is 18.4.